The maximum absolute atomic E-state index is 11.8. The Morgan fingerprint density at radius 2 is 1.93 bits per heavy atom. The highest BCUT2D eigenvalue weighted by atomic mass is 35.5. The number of carbonyl (C=O) groups excluding carboxylic acids is 1. The predicted molar refractivity (Wildman–Crippen MR) is 120 cm³/mol. The number of benzene rings is 2. The lowest BCUT2D eigenvalue weighted by Gasteiger charge is -2.30. The molecule has 30 heavy (non-hydrogen) atoms. The molecule has 4 nitrogen and oxygen atoms in total. The third-order valence-electron chi connectivity index (χ3n) is 5.35. The standard InChI is InChI=1S/C25H31ClO4/c1-3-5-9-25(27)29-17-21-7-6-8-24(30-21)19-12-15-23(26)22(16-19)18-10-13-20(14-11-18)28-4-2/h10-16,21,24H,3-9,17H2,1-2H3/t21-,24+/m1/s1. The third kappa shape index (κ3) is 6.23. The van der Waals surface area contributed by atoms with Gasteiger partial charge in [-0.3, -0.25) is 4.79 Å². The average molecular weight is 431 g/mol. The molecule has 5 heteroatoms. The molecule has 0 N–H and O–H groups in total. The summed E-state index contributed by atoms with van der Waals surface area (Å²) in [7, 11) is 0. The summed E-state index contributed by atoms with van der Waals surface area (Å²) in [6.45, 7) is 5.01. The summed E-state index contributed by atoms with van der Waals surface area (Å²) >= 11 is 6.50. The summed E-state index contributed by atoms with van der Waals surface area (Å²) in [4.78, 5) is 11.8. The first-order valence-corrected chi connectivity index (χ1v) is 11.3. The fourth-order valence-electron chi connectivity index (χ4n) is 3.71. The molecule has 1 fully saturated rings. The molecule has 0 bridgehead atoms. The van der Waals surface area contributed by atoms with Crippen LogP contribution in [0.4, 0.5) is 0 Å². The van der Waals surface area contributed by atoms with Crippen LogP contribution in [0.1, 0.15) is 64.0 Å². The molecular weight excluding hydrogens is 400 g/mol. The highest BCUT2D eigenvalue weighted by Crippen LogP contribution is 2.36. The van der Waals surface area contributed by atoms with Gasteiger partial charge in [0, 0.05) is 17.0 Å². The molecule has 2 atom stereocenters. The molecular formula is C25H31ClO4. The third-order valence-corrected chi connectivity index (χ3v) is 5.68. The second-order valence-electron chi connectivity index (χ2n) is 7.66. The van der Waals surface area contributed by atoms with Gasteiger partial charge in [0.2, 0.25) is 0 Å². The minimum Gasteiger partial charge on any atom is -0.494 e. The first kappa shape index (κ1) is 22.6. The Morgan fingerprint density at radius 1 is 1.13 bits per heavy atom. The first-order valence-electron chi connectivity index (χ1n) is 10.9. The maximum Gasteiger partial charge on any atom is 0.305 e. The van der Waals surface area contributed by atoms with Crippen LogP contribution in [0, 0.1) is 0 Å². The van der Waals surface area contributed by atoms with Gasteiger partial charge in [-0.15, -0.1) is 0 Å². The Balaban J connectivity index is 1.66. The van der Waals surface area contributed by atoms with Gasteiger partial charge in [-0.25, -0.2) is 0 Å². The summed E-state index contributed by atoms with van der Waals surface area (Å²) in [5.74, 6) is 0.715. The van der Waals surface area contributed by atoms with E-state index in [1.807, 2.05) is 43.3 Å². The second kappa shape index (κ2) is 11.4. The van der Waals surface area contributed by atoms with Crippen LogP contribution in [0.2, 0.25) is 5.02 Å². The largest absolute Gasteiger partial charge is 0.494 e. The predicted octanol–water partition coefficient (Wildman–Crippen LogP) is 6.75. The van der Waals surface area contributed by atoms with Crippen LogP contribution in [0.5, 0.6) is 5.75 Å². The molecule has 2 aromatic rings. The van der Waals surface area contributed by atoms with Crippen LogP contribution in [-0.2, 0) is 14.3 Å². The highest BCUT2D eigenvalue weighted by Gasteiger charge is 2.25. The zero-order valence-electron chi connectivity index (χ0n) is 17.9. The molecule has 0 spiro atoms. The normalized spacial score (nSPS) is 18.8. The summed E-state index contributed by atoms with van der Waals surface area (Å²) in [5.41, 5.74) is 3.13. The van der Waals surface area contributed by atoms with Crippen molar-refractivity contribution in [2.24, 2.45) is 0 Å². The van der Waals surface area contributed by atoms with E-state index >= 15 is 0 Å². The van der Waals surface area contributed by atoms with Crippen LogP contribution in [0.15, 0.2) is 42.5 Å². The molecule has 162 valence electrons. The van der Waals surface area contributed by atoms with Crippen molar-refractivity contribution in [1.82, 2.24) is 0 Å². The van der Waals surface area contributed by atoms with Gasteiger partial charge in [0.05, 0.1) is 18.8 Å². The van der Waals surface area contributed by atoms with Gasteiger partial charge in [0.15, 0.2) is 0 Å². The Labute approximate surface area is 184 Å². The molecule has 0 amide bonds. The van der Waals surface area contributed by atoms with Gasteiger partial charge >= 0.3 is 5.97 Å². The smallest absolute Gasteiger partial charge is 0.305 e. The SMILES string of the molecule is CCCCC(=O)OC[C@H]1CCC[C@@H](c2ccc(Cl)c(-c3ccc(OCC)cc3)c2)O1. The van der Waals surface area contributed by atoms with E-state index in [0.29, 0.717) is 24.7 Å². The summed E-state index contributed by atoms with van der Waals surface area (Å²) < 4.78 is 17.2. The van der Waals surface area contributed by atoms with Gasteiger partial charge in [-0.2, -0.15) is 0 Å². The van der Waals surface area contributed by atoms with E-state index in [-0.39, 0.29) is 18.2 Å². The van der Waals surface area contributed by atoms with Crippen molar-refractivity contribution < 1.29 is 19.0 Å². The molecule has 1 heterocycles. The van der Waals surface area contributed by atoms with Crippen LogP contribution in [-0.4, -0.2) is 25.3 Å². The van der Waals surface area contributed by atoms with E-state index in [1.165, 1.54) is 0 Å². The quantitative estimate of drug-likeness (QED) is 0.413. The molecule has 3 rings (SSSR count). The van der Waals surface area contributed by atoms with Crippen LogP contribution >= 0.6 is 11.6 Å². The average Bonchev–Trinajstić information content (AvgIpc) is 2.77. The van der Waals surface area contributed by atoms with E-state index in [2.05, 4.69) is 13.0 Å². The number of hydrogen-bond donors (Lipinski definition) is 0. The lowest BCUT2D eigenvalue weighted by atomic mass is 9.95. The minimum atomic E-state index is -0.133. The fraction of sp³-hybridized carbons (Fsp3) is 0.480. The van der Waals surface area contributed by atoms with Crippen molar-refractivity contribution in [3.63, 3.8) is 0 Å². The summed E-state index contributed by atoms with van der Waals surface area (Å²) in [5, 5.41) is 0.708. The molecule has 0 aliphatic carbocycles. The van der Waals surface area contributed by atoms with Crippen LogP contribution in [0.3, 0.4) is 0 Å². The molecule has 1 aliphatic heterocycles. The van der Waals surface area contributed by atoms with E-state index < -0.39 is 0 Å². The van der Waals surface area contributed by atoms with Gasteiger partial charge < -0.3 is 14.2 Å². The molecule has 1 saturated heterocycles. The zero-order valence-corrected chi connectivity index (χ0v) is 18.6. The van der Waals surface area contributed by atoms with Crippen molar-refractivity contribution >= 4 is 17.6 Å². The Hall–Kier alpha value is -2.04. The van der Waals surface area contributed by atoms with E-state index in [9.17, 15) is 4.79 Å². The van der Waals surface area contributed by atoms with Gasteiger partial charge in [0.1, 0.15) is 12.4 Å². The Bertz CT molecular complexity index is 818. The van der Waals surface area contributed by atoms with Gasteiger partial charge in [-0.05, 0) is 68.0 Å². The van der Waals surface area contributed by atoms with Gasteiger partial charge in [-0.1, -0.05) is 43.1 Å². The van der Waals surface area contributed by atoms with Gasteiger partial charge in [0.25, 0.3) is 0 Å². The number of ether oxygens (including phenoxy) is 3. The number of hydrogen-bond acceptors (Lipinski definition) is 4. The lowest BCUT2D eigenvalue weighted by Crippen LogP contribution is -2.28. The monoisotopic (exact) mass is 430 g/mol. The molecule has 0 saturated carbocycles. The molecule has 0 unspecified atom stereocenters. The summed E-state index contributed by atoms with van der Waals surface area (Å²) in [6, 6.07) is 14.0. The minimum absolute atomic E-state index is 0.0168. The van der Waals surface area contributed by atoms with Crippen LogP contribution < -0.4 is 4.74 Å². The number of esters is 1. The maximum atomic E-state index is 11.8. The first-order chi connectivity index (χ1) is 14.6. The van der Waals surface area contributed by atoms with E-state index in [1.54, 1.807) is 0 Å². The van der Waals surface area contributed by atoms with Crippen molar-refractivity contribution in [3.05, 3.63) is 53.1 Å². The number of rotatable bonds is 9. The van der Waals surface area contributed by atoms with Crippen LogP contribution in [0.25, 0.3) is 11.1 Å². The number of unbranched alkanes of at least 4 members (excludes halogenated alkanes) is 1. The second-order valence-corrected chi connectivity index (χ2v) is 8.07. The molecule has 1 aliphatic rings. The van der Waals surface area contributed by atoms with E-state index in [0.717, 1.165) is 54.5 Å². The molecule has 2 aromatic carbocycles. The zero-order chi connectivity index (χ0) is 21.3. The lowest BCUT2D eigenvalue weighted by molar-refractivity contribution is -0.152. The van der Waals surface area contributed by atoms with E-state index in [4.69, 9.17) is 25.8 Å². The molecule has 0 aromatic heterocycles. The molecule has 0 radical (unpaired) electrons. The van der Waals surface area contributed by atoms with Crippen molar-refractivity contribution in [1.29, 1.82) is 0 Å². The topological polar surface area (TPSA) is 44.8 Å². The number of carbonyl (C=O) groups is 1. The van der Waals surface area contributed by atoms with Crippen molar-refractivity contribution in [2.75, 3.05) is 13.2 Å². The Kier molecular flexibility index (Phi) is 8.59. The van der Waals surface area contributed by atoms with Crippen molar-refractivity contribution in [2.45, 2.75) is 64.6 Å². The summed E-state index contributed by atoms with van der Waals surface area (Å²) in [6.07, 6.45) is 5.17. The Morgan fingerprint density at radius 3 is 2.67 bits per heavy atom. The fourth-order valence-corrected chi connectivity index (χ4v) is 3.93. The van der Waals surface area contributed by atoms with Crippen molar-refractivity contribution in [3.8, 4) is 16.9 Å². The highest BCUT2D eigenvalue weighted by molar-refractivity contribution is 6.33. The number of halogens is 1.